The fourth-order valence-corrected chi connectivity index (χ4v) is 10.7. The van der Waals surface area contributed by atoms with Crippen LogP contribution in [0.25, 0.3) is 0 Å². The van der Waals surface area contributed by atoms with Gasteiger partial charge in [-0.1, -0.05) is 334 Å². The zero-order valence-corrected chi connectivity index (χ0v) is 52.3. The summed E-state index contributed by atoms with van der Waals surface area (Å²) in [7, 11) is 0. The van der Waals surface area contributed by atoms with Crippen molar-refractivity contribution in [3.63, 3.8) is 0 Å². The van der Waals surface area contributed by atoms with Gasteiger partial charge in [0.2, 0.25) is 0 Å². The van der Waals surface area contributed by atoms with Gasteiger partial charge in [0, 0.05) is 19.3 Å². The van der Waals surface area contributed by atoms with Crippen molar-refractivity contribution >= 4 is 17.9 Å². The zero-order valence-electron chi connectivity index (χ0n) is 52.3. The van der Waals surface area contributed by atoms with Crippen molar-refractivity contribution in [2.75, 3.05) is 13.2 Å². The summed E-state index contributed by atoms with van der Waals surface area (Å²) in [6.07, 6.45) is 81.1. The summed E-state index contributed by atoms with van der Waals surface area (Å²) in [5, 5.41) is 0. The van der Waals surface area contributed by atoms with Crippen molar-refractivity contribution in [1.29, 1.82) is 0 Å². The number of esters is 3. The van der Waals surface area contributed by atoms with E-state index in [0.717, 1.165) is 77.0 Å². The summed E-state index contributed by atoms with van der Waals surface area (Å²) in [5.74, 6) is -0.871. The molecule has 6 nitrogen and oxygen atoms in total. The third kappa shape index (κ3) is 64.6. The Balaban J connectivity index is 3.95. The molecule has 0 spiro atoms. The van der Waals surface area contributed by atoms with E-state index >= 15 is 0 Å². The maximum absolute atomic E-state index is 12.8. The average Bonchev–Trinajstić information content (AvgIpc) is 3.43. The quantitative estimate of drug-likeness (QED) is 0.0261. The van der Waals surface area contributed by atoms with E-state index in [1.165, 1.54) is 276 Å². The number of rotatable bonds is 65. The van der Waals surface area contributed by atoms with Gasteiger partial charge in [0.05, 0.1) is 0 Å². The Labute approximate surface area is 481 Å². The Morgan fingerprint density at radius 2 is 0.455 bits per heavy atom. The minimum atomic E-state index is -0.775. The molecule has 77 heavy (non-hydrogen) atoms. The van der Waals surface area contributed by atoms with E-state index in [9.17, 15) is 14.4 Å². The second-order valence-electron chi connectivity index (χ2n) is 23.8. The lowest BCUT2D eigenvalue weighted by atomic mass is 10.0. The molecular formula is C71H134O6. The first-order valence-corrected chi connectivity index (χ1v) is 34.8. The molecule has 0 fully saturated rings. The van der Waals surface area contributed by atoms with Crippen LogP contribution in [-0.2, 0) is 28.6 Å². The molecule has 1 unspecified atom stereocenters. The van der Waals surface area contributed by atoms with Gasteiger partial charge < -0.3 is 14.2 Å². The van der Waals surface area contributed by atoms with E-state index in [0.29, 0.717) is 19.3 Å². The molecule has 0 saturated carbocycles. The number of unbranched alkanes of at least 4 members (excludes halogenated alkanes) is 50. The fraction of sp³-hybridized carbons (Fsp3) is 0.901. The van der Waals surface area contributed by atoms with Crippen LogP contribution in [0.15, 0.2) is 24.3 Å². The molecule has 0 heterocycles. The Kier molecular flexibility index (Phi) is 64.6. The van der Waals surface area contributed by atoms with Crippen LogP contribution in [0.4, 0.5) is 0 Å². The van der Waals surface area contributed by atoms with Gasteiger partial charge in [0.15, 0.2) is 6.10 Å². The van der Waals surface area contributed by atoms with Crippen LogP contribution in [0.5, 0.6) is 0 Å². The molecule has 454 valence electrons. The molecule has 0 saturated heterocycles. The Bertz CT molecular complexity index is 1240. The third-order valence-corrected chi connectivity index (χ3v) is 15.9. The van der Waals surface area contributed by atoms with Crippen molar-refractivity contribution in [2.45, 2.75) is 399 Å². The van der Waals surface area contributed by atoms with E-state index in [4.69, 9.17) is 14.2 Å². The van der Waals surface area contributed by atoms with Crippen LogP contribution in [0.1, 0.15) is 393 Å². The minimum absolute atomic E-state index is 0.0729. The van der Waals surface area contributed by atoms with Gasteiger partial charge in [-0.15, -0.1) is 0 Å². The molecule has 0 radical (unpaired) electrons. The SMILES string of the molecule is CCC/C=C\CCCCCCCC(=O)OCC(COC(=O)CCCCCCCCCCCCCCCCCCCCCCCCCCCCCCCCCCCCC)OC(=O)CCCCCCC/C=C\CCCCCCC. The van der Waals surface area contributed by atoms with Crippen molar-refractivity contribution in [3.8, 4) is 0 Å². The minimum Gasteiger partial charge on any atom is -0.462 e. The van der Waals surface area contributed by atoms with E-state index < -0.39 is 6.10 Å². The summed E-state index contributed by atoms with van der Waals surface area (Å²) in [4.78, 5) is 38.2. The van der Waals surface area contributed by atoms with Gasteiger partial charge in [0.1, 0.15) is 13.2 Å². The number of allylic oxidation sites excluding steroid dienone is 4. The van der Waals surface area contributed by atoms with Crippen LogP contribution < -0.4 is 0 Å². The first-order valence-electron chi connectivity index (χ1n) is 34.8. The summed E-state index contributed by atoms with van der Waals surface area (Å²) >= 11 is 0. The molecule has 0 aromatic carbocycles. The van der Waals surface area contributed by atoms with E-state index in [1.54, 1.807) is 0 Å². The molecule has 0 aromatic heterocycles. The number of hydrogen-bond donors (Lipinski definition) is 0. The highest BCUT2D eigenvalue weighted by Crippen LogP contribution is 2.19. The van der Waals surface area contributed by atoms with Gasteiger partial charge in [-0.3, -0.25) is 14.4 Å². The highest BCUT2D eigenvalue weighted by molar-refractivity contribution is 5.71. The average molecular weight is 1080 g/mol. The monoisotopic (exact) mass is 1080 g/mol. The summed E-state index contributed by atoms with van der Waals surface area (Å²) < 4.78 is 16.9. The van der Waals surface area contributed by atoms with E-state index in [1.807, 2.05) is 0 Å². The predicted octanol–water partition coefficient (Wildman–Crippen LogP) is 23.8. The van der Waals surface area contributed by atoms with Crippen molar-refractivity contribution in [1.82, 2.24) is 0 Å². The van der Waals surface area contributed by atoms with Gasteiger partial charge in [-0.2, -0.15) is 0 Å². The van der Waals surface area contributed by atoms with E-state index in [2.05, 4.69) is 45.1 Å². The highest BCUT2D eigenvalue weighted by atomic mass is 16.6. The zero-order chi connectivity index (χ0) is 55.7. The molecule has 0 aliphatic rings. The molecule has 0 N–H and O–H groups in total. The topological polar surface area (TPSA) is 78.9 Å². The second kappa shape index (κ2) is 66.4. The Hall–Kier alpha value is -2.11. The molecule has 1 atom stereocenters. The lowest BCUT2D eigenvalue weighted by molar-refractivity contribution is -0.167. The summed E-state index contributed by atoms with van der Waals surface area (Å²) in [6, 6.07) is 0. The third-order valence-electron chi connectivity index (χ3n) is 15.9. The maximum atomic E-state index is 12.8. The second-order valence-corrected chi connectivity index (χ2v) is 23.8. The molecule has 6 heteroatoms. The molecule has 0 rings (SSSR count). The number of hydrogen-bond acceptors (Lipinski definition) is 6. The van der Waals surface area contributed by atoms with Crippen LogP contribution in [0.2, 0.25) is 0 Å². The molecular weight excluding hydrogens is 949 g/mol. The number of carbonyl (C=O) groups is 3. The summed E-state index contributed by atoms with van der Waals surface area (Å²) in [5.41, 5.74) is 0. The van der Waals surface area contributed by atoms with Crippen molar-refractivity contribution < 1.29 is 28.6 Å². The number of carbonyl (C=O) groups excluding carboxylic acids is 3. The van der Waals surface area contributed by atoms with Crippen molar-refractivity contribution in [2.24, 2.45) is 0 Å². The van der Waals surface area contributed by atoms with Crippen molar-refractivity contribution in [3.05, 3.63) is 24.3 Å². The standard InChI is InChI=1S/C71H134O6/c1-4-7-10-13-16-19-22-24-26-27-28-29-30-31-32-33-34-35-36-37-38-39-40-41-42-43-44-45-46-48-49-52-55-58-61-64-70(73)76-67-68(66-75-69(72)63-60-57-54-51-21-18-15-12-9-6-3)77-71(74)65-62-59-56-53-50-47-25-23-20-17-14-11-8-5-2/h12,15,23,25,68H,4-11,13-14,16-22,24,26-67H2,1-3H3/b15-12-,25-23-. The molecule has 0 amide bonds. The predicted molar refractivity (Wildman–Crippen MR) is 335 cm³/mol. The Morgan fingerprint density at radius 1 is 0.247 bits per heavy atom. The first-order chi connectivity index (χ1) is 38.0. The lowest BCUT2D eigenvalue weighted by Gasteiger charge is -2.18. The molecule has 0 aromatic rings. The smallest absolute Gasteiger partial charge is 0.306 e. The highest BCUT2D eigenvalue weighted by Gasteiger charge is 2.19. The lowest BCUT2D eigenvalue weighted by Crippen LogP contribution is -2.30. The normalized spacial score (nSPS) is 12.1. The van der Waals surface area contributed by atoms with Gasteiger partial charge >= 0.3 is 17.9 Å². The molecule has 0 aliphatic carbocycles. The van der Waals surface area contributed by atoms with Gasteiger partial charge in [0.25, 0.3) is 0 Å². The number of ether oxygens (including phenoxy) is 3. The maximum Gasteiger partial charge on any atom is 0.306 e. The van der Waals surface area contributed by atoms with Gasteiger partial charge in [-0.25, -0.2) is 0 Å². The van der Waals surface area contributed by atoms with Crippen LogP contribution in [0, 0.1) is 0 Å². The van der Waals surface area contributed by atoms with Gasteiger partial charge in [-0.05, 0) is 64.2 Å². The first kappa shape index (κ1) is 74.9. The Morgan fingerprint density at radius 3 is 0.701 bits per heavy atom. The van der Waals surface area contributed by atoms with Crippen LogP contribution in [-0.4, -0.2) is 37.2 Å². The molecule has 0 aliphatic heterocycles. The molecule has 0 bridgehead atoms. The summed E-state index contributed by atoms with van der Waals surface area (Å²) in [6.45, 7) is 6.61. The largest absolute Gasteiger partial charge is 0.462 e. The van der Waals surface area contributed by atoms with E-state index in [-0.39, 0.29) is 31.1 Å². The fourth-order valence-electron chi connectivity index (χ4n) is 10.7. The van der Waals surface area contributed by atoms with Crippen LogP contribution >= 0.6 is 0 Å². The van der Waals surface area contributed by atoms with Crippen LogP contribution in [0.3, 0.4) is 0 Å².